The van der Waals surface area contributed by atoms with Crippen LogP contribution in [0.25, 0.3) is 5.43 Å². The van der Waals surface area contributed by atoms with E-state index in [1.165, 1.54) is 0 Å². The van der Waals surface area contributed by atoms with Crippen LogP contribution in [0.2, 0.25) is 0 Å². The van der Waals surface area contributed by atoms with Gasteiger partial charge in [-0.3, -0.25) is 0 Å². The van der Waals surface area contributed by atoms with Crippen LogP contribution in [-0.4, -0.2) is 14.1 Å². The lowest BCUT2D eigenvalue weighted by Crippen LogP contribution is -3.01. The lowest BCUT2D eigenvalue weighted by Gasteiger charge is -2.21. The molecule has 0 spiro atoms. The van der Waals surface area contributed by atoms with Crippen LogP contribution in [0.4, 0.5) is 0 Å². The molecule has 0 rings (SSSR count). The summed E-state index contributed by atoms with van der Waals surface area (Å²) in [5.41, 5.74) is 4.95. The van der Waals surface area contributed by atoms with Crippen LogP contribution < -0.4 is 5.01 Å². The van der Waals surface area contributed by atoms with Crippen molar-refractivity contribution in [2.75, 3.05) is 14.1 Å². The average Bonchev–Trinajstić information content (AvgIpc) is 1.65. The molecule has 0 aliphatic rings. The Labute approximate surface area is 44.8 Å². The summed E-state index contributed by atoms with van der Waals surface area (Å²) in [6, 6.07) is 0. The first-order valence-electron chi connectivity index (χ1n) is 2.27. The van der Waals surface area contributed by atoms with Crippen molar-refractivity contribution >= 4 is 0 Å². The van der Waals surface area contributed by atoms with E-state index in [0.717, 1.165) is 10.7 Å². The zero-order valence-corrected chi connectivity index (χ0v) is 5.15. The van der Waals surface area contributed by atoms with E-state index in [0.29, 0.717) is 0 Å². The van der Waals surface area contributed by atoms with E-state index in [-0.39, 0.29) is 0 Å². The van der Waals surface area contributed by atoms with Crippen molar-refractivity contribution in [2.45, 2.75) is 6.92 Å². The quantitative estimate of drug-likeness (QED) is 0.469. The van der Waals surface area contributed by atoms with Gasteiger partial charge in [-0.2, -0.15) is 0 Å². The third-order valence-electron chi connectivity index (χ3n) is 0.953. The van der Waals surface area contributed by atoms with Crippen molar-refractivity contribution in [1.29, 1.82) is 0 Å². The zero-order valence-electron chi connectivity index (χ0n) is 5.15. The number of rotatable bonds is 2. The van der Waals surface area contributed by atoms with Crippen LogP contribution in [0.5, 0.6) is 0 Å². The summed E-state index contributed by atoms with van der Waals surface area (Å²) in [5, 5.41) is 1.03. The summed E-state index contributed by atoms with van der Waals surface area (Å²) in [6.07, 6.45) is 0. The lowest BCUT2D eigenvalue weighted by atomic mass is 10.6. The number of hydrogen-bond donors (Lipinski definition) is 1. The summed E-state index contributed by atoms with van der Waals surface area (Å²) in [7, 11) is 3.71. The molecule has 0 radical (unpaired) electrons. The monoisotopic (exact) mass is 100 g/mol. The van der Waals surface area contributed by atoms with Crippen LogP contribution in [-0.2, 0) is 0 Å². The van der Waals surface area contributed by atoms with E-state index in [4.69, 9.17) is 0 Å². The molecule has 1 atom stereocenters. The predicted molar refractivity (Wildman–Crippen MR) is 31.0 cm³/mol. The average molecular weight is 100 g/mol. The molecular weight excluding hydrogens is 88.1 g/mol. The van der Waals surface area contributed by atoms with Gasteiger partial charge in [-0.1, -0.05) is 0 Å². The summed E-state index contributed by atoms with van der Waals surface area (Å²) in [4.78, 5) is 0. The summed E-state index contributed by atoms with van der Waals surface area (Å²) >= 11 is 0. The molecule has 0 aromatic carbocycles. The second-order valence-electron chi connectivity index (χ2n) is 1.59. The molecule has 0 aromatic rings. The molecular formula is C5H12N2. The Morgan fingerprint density at radius 3 is 2.14 bits per heavy atom. The third kappa shape index (κ3) is 2.37. The predicted octanol–water partition coefficient (Wildman–Crippen LogP) is -0.0468. The van der Waals surface area contributed by atoms with Crippen molar-refractivity contribution in [1.82, 2.24) is 0 Å². The normalized spacial score (nSPS) is 13.6. The van der Waals surface area contributed by atoms with E-state index < -0.39 is 0 Å². The molecule has 0 saturated carbocycles. The molecule has 42 valence electrons. The molecule has 0 heterocycles. The van der Waals surface area contributed by atoms with Gasteiger partial charge >= 0.3 is 0 Å². The number of nitrogens with zero attached hydrogens (tertiary/aromatic N) is 1. The highest BCUT2D eigenvalue weighted by atomic mass is 15.5. The Balaban J connectivity index is 3.34. The Morgan fingerprint density at radius 1 is 1.71 bits per heavy atom. The minimum Gasteiger partial charge on any atom is -0.453 e. The first-order chi connectivity index (χ1) is 3.18. The van der Waals surface area contributed by atoms with Gasteiger partial charge in [0.15, 0.2) is 0 Å². The number of nitrogens with one attached hydrogen (secondary N) is 1. The van der Waals surface area contributed by atoms with Crippen LogP contribution in [0, 0.1) is 0 Å². The Morgan fingerprint density at radius 2 is 2.14 bits per heavy atom. The Kier molecular flexibility index (Phi) is 2.64. The molecule has 0 aliphatic carbocycles. The van der Waals surface area contributed by atoms with E-state index in [1.807, 2.05) is 14.0 Å². The van der Waals surface area contributed by atoms with Gasteiger partial charge in [0.05, 0.1) is 12.7 Å². The third-order valence-corrected chi connectivity index (χ3v) is 0.953. The van der Waals surface area contributed by atoms with Crippen LogP contribution in [0.1, 0.15) is 6.92 Å². The maximum atomic E-state index is 3.91. The molecule has 1 unspecified atom stereocenters. The number of quaternary nitrogens is 1. The fourth-order valence-electron chi connectivity index (χ4n) is 0.191. The molecule has 0 aromatic heterocycles. The maximum Gasteiger partial charge on any atom is 0.0871 e. The molecule has 0 fully saturated rings. The van der Waals surface area contributed by atoms with Gasteiger partial charge in [0.2, 0.25) is 0 Å². The van der Waals surface area contributed by atoms with E-state index in [9.17, 15) is 0 Å². The van der Waals surface area contributed by atoms with E-state index >= 15 is 0 Å². The second kappa shape index (κ2) is 2.77. The molecule has 1 N–H and O–H groups in total. The zero-order chi connectivity index (χ0) is 5.86. The largest absolute Gasteiger partial charge is 0.453 e. The van der Waals surface area contributed by atoms with Gasteiger partial charge in [0, 0.05) is 6.92 Å². The van der Waals surface area contributed by atoms with Gasteiger partial charge in [-0.15, -0.1) is 7.05 Å². The highest BCUT2D eigenvalue weighted by molar-refractivity contribution is 4.72. The SMILES string of the molecule is C=C(C)[NH+](C)[N-]C. The van der Waals surface area contributed by atoms with E-state index in [2.05, 4.69) is 12.0 Å². The highest BCUT2D eigenvalue weighted by Crippen LogP contribution is 1.67. The highest BCUT2D eigenvalue weighted by Gasteiger charge is 1.83. The van der Waals surface area contributed by atoms with Crippen molar-refractivity contribution < 1.29 is 5.01 Å². The lowest BCUT2D eigenvalue weighted by molar-refractivity contribution is -0.796. The summed E-state index contributed by atoms with van der Waals surface area (Å²) in [5.74, 6) is 0. The van der Waals surface area contributed by atoms with Gasteiger partial charge in [-0.25, -0.2) is 0 Å². The van der Waals surface area contributed by atoms with Crippen molar-refractivity contribution in [2.24, 2.45) is 0 Å². The fraction of sp³-hybridized carbons (Fsp3) is 0.600. The van der Waals surface area contributed by atoms with Crippen molar-refractivity contribution in [3.05, 3.63) is 17.7 Å². The molecule has 0 bridgehead atoms. The first-order valence-corrected chi connectivity index (χ1v) is 2.27. The minimum absolute atomic E-state index is 1.03. The van der Waals surface area contributed by atoms with Crippen LogP contribution in [0.15, 0.2) is 12.3 Å². The van der Waals surface area contributed by atoms with Gasteiger partial charge in [-0.05, 0) is 6.58 Å². The number of allylic oxidation sites excluding steroid dienone is 1. The smallest absolute Gasteiger partial charge is 0.0871 e. The molecule has 0 aliphatic heterocycles. The van der Waals surface area contributed by atoms with Crippen LogP contribution in [0.3, 0.4) is 0 Å². The molecule has 0 saturated heterocycles. The van der Waals surface area contributed by atoms with E-state index in [1.54, 1.807) is 7.05 Å². The minimum atomic E-state index is 1.03. The topological polar surface area (TPSA) is 18.5 Å². The van der Waals surface area contributed by atoms with Crippen LogP contribution >= 0.6 is 0 Å². The standard InChI is InChI=1S/C5H12N2/c1-5(2)7(4)6-3/h7H,1H2,2-4H3. The Bertz CT molecular complexity index is 68.5. The fourth-order valence-corrected chi connectivity index (χ4v) is 0.191. The second-order valence-corrected chi connectivity index (χ2v) is 1.59. The first kappa shape index (κ1) is 6.66. The van der Waals surface area contributed by atoms with Crippen molar-refractivity contribution in [3.63, 3.8) is 0 Å². The van der Waals surface area contributed by atoms with Gasteiger partial charge in [0.1, 0.15) is 0 Å². The van der Waals surface area contributed by atoms with Gasteiger partial charge in [0.25, 0.3) is 0 Å². The Hall–Kier alpha value is -0.340. The molecule has 7 heavy (non-hydrogen) atoms. The van der Waals surface area contributed by atoms with Gasteiger partial charge < -0.3 is 10.4 Å². The molecule has 2 heteroatoms. The molecule has 0 amide bonds. The number of hydrogen-bond acceptors (Lipinski definition) is 0. The summed E-state index contributed by atoms with van der Waals surface area (Å²) in [6.45, 7) is 5.64. The summed E-state index contributed by atoms with van der Waals surface area (Å²) < 4.78 is 0. The molecule has 2 nitrogen and oxygen atoms in total. The van der Waals surface area contributed by atoms with Crippen molar-refractivity contribution in [3.8, 4) is 0 Å². The maximum absolute atomic E-state index is 3.91.